The van der Waals surface area contributed by atoms with Gasteiger partial charge in [0.25, 0.3) is 0 Å². The van der Waals surface area contributed by atoms with Crippen LogP contribution in [0.2, 0.25) is 0 Å². The maximum Gasteiger partial charge on any atom is 0.148 e. The lowest BCUT2D eigenvalue weighted by atomic mass is 9.98. The molecule has 4 heteroatoms. The number of nitrogen functional groups attached to an aromatic ring is 1. The Bertz CT molecular complexity index is 268. The summed E-state index contributed by atoms with van der Waals surface area (Å²) in [6, 6.07) is 3.59. The molecule has 0 bridgehead atoms. The Labute approximate surface area is 84.9 Å². The molecule has 3 N–H and O–H groups in total. The number of nitrogens with two attached hydrogens (primary N) is 1. The van der Waals surface area contributed by atoms with E-state index in [-0.39, 0.29) is 0 Å². The lowest BCUT2D eigenvalue weighted by Gasteiger charge is -2.15. The molecule has 0 spiro atoms. The molecule has 0 saturated carbocycles. The van der Waals surface area contributed by atoms with Gasteiger partial charge in [0.05, 0.1) is 0 Å². The van der Waals surface area contributed by atoms with Crippen LogP contribution < -0.4 is 11.1 Å². The predicted octanol–water partition coefficient (Wildman–Crippen LogP) is 1.76. The van der Waals surface area contributed by atoms with E-state index in [1.165, 1.54) is 0 Å². The molecule has 4 nitrogen and oxygen atoms in total. The quantitative estimate of drug-likeness (QED) is 0.766. The van der Waals surface area contributed by atoms with Gasteiger partial charge >= 0.3 is 0 Å². The normalized spacial score (nSPS) is 12.9. The molecule has 14 heavy (non-hydrogen) atoms. The fraction of sp³-hybridized carbons (Fsp3) is 0.600. The van der Waals surface area contributed by atoms with Gasteiger partial charge in [-0.1, -0.05) is 20.8 Å². The summed E-state index contributed by atoms with van der Waals surface area (Å²) < 4.78 is 0. The van der Waals surface area contributed by atoms with E-state index in [9.17, 15) is 0 Å². The molecule has 1 heterocycles. The Hall–Kier alpha value is -1.32. The fourth-order valence-corrected chi connectivity index (χ4v) is 0.938. The molecular formula is C10H18N4. The lowest BCUT2D eigenvalue weighted by molar-refractivity contribution is 0.439. The standard InChI is InChI=1S/C10H18N4/c1-7(2)8(3)6-12-10-5-4-9(11)13-14-10/h4-5,7-8H,6H2,1-3H3,(H2,11,13)(H,12,14). The van der Waals surface area contributed by atoms with Crippen molar-refractivity contribution in [2.45, 2.75) is 20.8 Å². The molecule has 0 aliphatic heterocycles. The van der Waals surface area contributed by atoms with Crippen molar-refractivity contribution >= 4 is 11.6 Å². The van der Waals surface area contributed by atoms with Crippen LogP contribution in [0.4, 0.5) is 11.6 Å². The Balaban J connectivity index is 2.42. The van der Waals surface area contributed by atoms with Gasteiger partial charge in [-0.15, -0.1) is 10.2 Å². The first-order valence-corrected chi connectivity index (χ1v) is 4.92. The number of nitrogens with zero attached hydrogens (tertiary/aromatic N) is 2. The average molecular weight is 194 g/mol. The third-order valence-corrected chi connectivity index (χ3v) is 2.43. The molecule has 0 amide bonds. The van der Waals surface area contributed by atoms with Gasteiger partial charge in [-0.2, -0.15) is 0 Å². The molecule has 0 aliphatic rings. The summed E-state index contributed by atoms with van der Waals surface area (Å²) >= 11 is 0. The van der Waals surface area contributed by atoms with Crippen molar-refractivity contribution in [3.63, 3.8) is 0 Å². The third-order valence-electron chi connectivity index (χ3n) is 2.43. The van der Waals surface area contributed by atoms with E-state index < -0.39 is 0 Å². The summed E-state index contributed by atoms with van der Waals surface area (Å²) in [6.07, 6.45) is 0. The second kappa shape index (κ2) is 4.79. The largest absolute Gasteiger partial charge is 0.382 e. The van der Waals surface area contributed by atoms with Gasteiger partial charge in [0.2, 0.25) is 0 Å². The van der Waals surface area contributed by atoms with Crippen LogP contribution in [-0.4, -0.2) is 16.7 Å². The zero-order valence-corrected chi connectivity index (χ0v) is 8.99. The van der Waals surface area contributed by atoms with Crippen molar-refractivity contribution in [1.82, 2.24) is 10.2 Å². The number of hydrogen-bond donors (Lipinski definition) is 2. The number of nitrogens with one attached hydrogen (secondary N) is 1. The van der Waals surface area contributed by atoms with Crippen LogP contribution in [0, 0.1) is 11.8 Å². The zero-order valence-electron chi connectivity index (χ0n) is 8.99. The number of rotatable bonds is 4. The molecule has 1 aromatic heterocycles. The summed E-state index contributed by atoms with van der Waals surface area (Å²) in [6.45, 7) is 7.54. The minimum Gasteiger partial charge on any atom is -0.382 e. The number of anilines is 2. The van der Waals surface area contributed by atoms with Crippen molar-refractivity contribution in [2.75, 3.05) is 17.6 Å². The van der Waals surface area contributed by atoms with Crippen LogP contribution in [0.15, 0.2) is 12.1 Å². The van der Waals surface area contributed by atoms with Crippen LogP contribution >= 0.6 is 0 Å². The average Bonchev–Trinajstić information content (AvgIpc) is 2.16. The summed E-state index contributed by atoms with van der Waals surface area (Å²) in [7, 11) is 0. The Kier molecular flexibility index (Phi) is 3.68. The van der Waals surface area contributed by atoms with E-state index in [2.05, 4.69) is 36.3 Å². The van der Waals surface area contributed by atoms with Crippen LogP contribution in [-0.2, 0) is 0 Å². The summed E-state index contributed by atoms with van der Waals surface area (Å²) in [5.74, 6) is 2.53. The highest BCUT2D eigenvalue weighted by atomic mass is 15.2. The minimum absolute atomic E-state index is 0.451. The molecule has 1 atom stereocenters. The Morgan fingerprint density at radius 3 is 2.50 bits per heavy atom. The van der Waals surface area contributed by atoms with E-state index in [1.54, 1.807) is 6.07 Å². The fourth-order valence-electron chi connectivity index (χ4n) is 0.938. The molecule has 0 saturated heterocycles. The lowest BCUT2D eigenvalue weighted by Crippen LogP contribution is -2.17. The van der Waals surface area contributed by atoms with Crippen LogP contribution in [0.3, 0.4) is 0 Å². The van der Waals surface area contributed by atoms with Crippen LogP contribution in [0.25, 0.3) is 0 Å². The first kappa shape index (κ1) is 10.8. The molecule has 1 rings (SSSR count). The van der Waals surface area contributed by atoms with Crippen molar-refractivity contribution in [2.24, 2.45) is 11.8 Å². The maximum absolute atomic E-state index is 5.43. The van der Waals surface area contributed by atoms with Crippen molar-refractivity contribution < 1.29 is 0 Å². The van der Waals surface area contributed by atoms with Crippen molar-refractivity contribution in [1.29, 1.82) is 0 Å². The van der Waals surface area contributed by atoms with Crippen LogP contribution in [0.1, 0.15) is 20.8 Å². The summed E-state index contributed by atoms with van der Waals surface area (Å²) in [5.41, 5.74) is 5.43. The molecule has 0 aliphatic carbocycles. The van der Waals surface area contributed by atoms with E-state index in [1.807, 2.05) is 6.07 Å². The molecule has 0 aromatic carbocycles. The molecule has 1 unspecified atom stereocenters. The molecule has 0 fully saturated rings. The van der Waals surface area contributed by atoms with Gasteiger partial charge in [0, 0.05) is 6.54 Å². The topological polar surface area (TPSA) is 63.8 Å². The number of hydrogen-bond acceptors (Lipinski definition) is 4. The highest BCUT2D eigenvalue weighted by Crippen LogP contribution is 2.10. The SMILES string of the molecule is CC(C)C(C)CNc1ccc(N)nn1. The monoisotopic (exact) mass is 194 g/mol. The molecule has 78 valence electrons. The van der Waals surface area contributed by atoms with Gasteiger partial charge in [-0.3, -0.25) is 0 Å². The predicted molar refractivity (Wildman–Crippen MR) is 58.9 cm³/mol. The van der Waals surface area contributed by atoms with E-state index in [0.717, 1.165) is 12.4 Å². The first-order valence-electron chi connectivity index (χ1n) is 4.92. The smallest absolute Gasteiger partial charge is 0.148 e. The van der Waals surface area contributed by atoms with Gasteiger partial charge < -0.3 is 11.1 Å². The minimum atomic E-state index is 0.451. The molecule has 0 radical (unpaired) electrons. The highest BCUT2D eigenvalue weighted by molar-refractivity contribution is 5.38. The van der Waals surface area contributed by atoms with Gasteiger partial charge in [0.1, 0.15) is 11.6 Å². The van der Waals surface area contributed by atoms with Gasteiger partial charge in [-0.25, -0.2) is 0 Å². The van der Waals surface area contributed by atoms with Crippen molar-refractivity contribution in [3.8, 4) is 0 Å². The Morgan fingerprint density at radius 2 is 2.00 bits per heavy atom. The highest BCUT2D eigenvalue weighted by Gasteiger charge is 2.06. The third kappa shape index (κ3) is 3.20. The van der Waals surface area contributed by atoms with Gasteiger partial charge in [0.15, 0.2) is 0 Å². The maximum atomic E-state index is 5.43. The number of aromatic nitrogens is 2. The van der Waals surface area contributed by atoms with E-state index >= 15 is 0 Å². The Morgan fingerprint density at radius 1 is 1.29 bits per heavy atom. The first-order chi connectivity index (χ1) is 6.59. The molecular weight excluding hydrogens is 176 g/mol. The van der Waals surface area contributed by atoms with Crippen molar-refractivity contribution in [3.05, 3.63) is 12.1 Å². The summed E-state index contributed by atoms with van der Waals surface area (Å²) in [5, 5.41) is 10.9. The van der Waals surface area contributed by atoms with Gasteiger partial charge in [-0.05, 0) is 24.0 Å². The summed E-state index contributed by atoms with van der Waals surface area (Å²) in [4.78, 5) is 0. The molecule has 1 aromatic rings. The van der Waals surface area contributed by atoms with E-state index in [0.29, 0.717) is 17.7 Å². The second-order valence-electron chi connectivity index (χ2n) is 3.95. The van der Waals surface area contributed by atoms with Crippen LogP contribution in [0.5, 0.6) is 0 Å². The zero-order chi connectivity index (χ0) is 10.6. The second-order valence-corrected chi connectivity index (χ2v) is 3.95. The van der Waals surface area contributed by atoms with E-state index in [4.69, 9.17) is 5.73 Å².